The first-order valence-electron chi connectivity index (χ1n) is 5.25. The minimum absolute atomic E-state index is 0.133. The van der Waals surface area contributed by atoms with Crippen LogP contribution in [0.5, 0.6) is 0 Å². The van der Waals surface area contributed by atoms with E-state index in [9.17, 15) is 0 Å². The monoisotopic (exact) mass is 283 g/mol. The molecule has 16 heavy (non-hydrogen) atoms. The van der Waals surface area contributed by atoms with Gasteiger partial charge in [-0.25, -0.2) is 0 Å². The Bertz CT molecular complexity index is 414. The van der Waals surface area contributed by atoms with Gasteiger partial charge < -0.3 is 15.8 Å². The fourth-order valence-corrected chi connectivity index (χ4v) is 2.57. The summed E-state index contributed by atoms with van der Waals surface area (Å²) in [6.45, 7) is 2.20. The summed E-state index contributed by atoms with van der Waals surface area (Å²) in [6, 6.07) is 5.75. The van der Waals surface area contributed by atoms with E-state index < -0.39 is 0 Å². The molecule has 1 aromatic carbocycles. The zero-order valence-corrected chi connectivity index (χ0v) is 10.4. The average molecular weight is 284 g/mol. The first kappa shape index (κ1) is 11.3. The molecule has 0 atom stereocenters. The summed E-state index contributed by atoms with van der Waals surface area (Å²) in [6.07, 6.45) is 2.49. The van der Waals surface area contributed by atoms with Crippen LogP contribution in [-0.4, -0.2) is 24.1 Å². The summed E-state index contributed by atoms with van der Waals surface area (Å²) < 4.78 is 0.985. The fraction of sp³-hybridized carbons (Fsp3) is 0.364. The second kappa shape index (κ2) is 4.74. The Balaban J connectivity index is 2.29. The van der Waals surface area contributed by atoms with Crippen molar-refractivity contribution >= 4 is 27.5 Å². The van der Waals surface area contributed by atoms with Gasteiger partial charge in [-0.2, -0.15) is 0 Å². The van der Waals surface area contributed by atoms with Gasteiger partial charge in [-0.3, -0.25) is 0 Å². The average Bonchev–Trinajstić information content (AvgIpc) is 2.81. The second-order valence-corrected chi connectivity index (χ2v) is 4.70. The minimum atomic E-state index is 0.133. The Morgan fingerprint density at radius 2 is 2.06 bits per heavy atom. The number of nitrogens with two attached hydrogens (primary N) is 1. The van der Waals surface area contributed by atoms with Crippen molar-refractivity contribution in [3.05, 3.63) is 28.2 Å². The Morgan fingerprint density at radius 1 is 1.38 bits per heavy atom. The number of hydrogen-bond acceptors (Lipinski definition) is 3. The van der Waals surface area contributed by atoms with Crippen molar-refractivity contribution in [1.82, 2.24) is 0 Å². The third-order valence-electron chi connectivity index (χ3n) is 2.80. The first-order valence-corrected chi connectivity index (χ1v) is 6.04. The van der Waals surface area contributed by atoms with Crippen LogP contribution >= 0.6 is 15.9 Å². The van der Waals surface area contributed by atoms with E-state index in [0.717, 1.165) is 23.1 Å². The van der Waals surface area contributed by atoms with Crippen LogP contribution < -0.4 is 10.6 Å². The van der Waals surface area contributed by atoms with E-state index in [-0.39, 0.29) is 5.84 Å². The fourth-order valence-electron chi connectivity index (χ4n) is 1.94. The first-order chi connectivity index (χ1) is 7.72. The quantitative estimate of drug-likeness (QED) is 0.378. The molecule has 0 radical (unpaired) electrons. The number of benzene rings is 1. The predicted octanol–water partition coefficient (Wildman–Crippen LogP) is 2.14. The van der Waals surface area contributed by atoms with Gasteiger partial charge >= 0.3 is 0 Å². The third-order valence-corrected chi connectivity index (χ3v) is 3.43. The normalized spacial score (nSPS) is 16.8. The van der Waals surface area contributed by atoms with Crippen molar-refractivity contribution in [3.8, 4) is 0 Å². The van der Waals surface area contributed by atoms with Crippen molar-refractivity contribution in [2.24, 2.45) is 10.9 Å². The maximum absolute atomic E-state index is 8.60. The van der Waals surface area contributed by atoms with E-state index in [2.05, 4.69) is 26.0 Å². The lowest BCUT2D eigenvalue weighted by molar-refractivity contribution is 0.318. The Labute approximate surface area is 103 Å². The van der Waals surface area contributed by atoms with Crippen LogP contribution in [0.4, 0.5) is 5.69 Å². The summed E-state index contributed by atoms with van der Waals surface area (Å²) in [4.78, 5) is 2.33. The lowest BCUT2D eigenvalue weighted by atomic mass is 10.2. The molecule has 86 valence electrons. The molecule has 2 rings (SSSR count). The Kier molecular flexibility index (Phi) is 3.33. The van der Waals surface area contributed by atoms with Crippen LogP contribution in [0.3, 0.4) is 0 Å². The molecule has 1 aromatic rings. The maximum Gasteiger partial charge on any atom is 0.170 e. The molecule has 5 heteroatoms. The molecule has 1 heterocycles. The third kappa shape index (κ3) is 2.14. The van der Waals surface area contributed by atoms with E-state index in [1.807, 2.05) is 18.2 Å². The van der Waals surface area contributed by atoms with Crippen molar-refractivity contribution in [2.75, 3.05) is 18.0 Å². The molecule has 0 amide bonds. The number of nitrogens with zero attached hydrogens (tertiary/aromatic N) is 2. The molecule has 1 saturated heterocycles. The van der Waals surface area contributed by atoms with Crippen molar-refractivity contribution in [1.29, 1.82) is 0 Å². The molecular weight excluding hydrogens is 270 g/mol. The summed E-state index contributed by atoms with van der Waals surface area (Å²) >= 11 is 3.52. The highest BCUT2D eigenvalue weighted by atomic mass is 79.9. The van der Waals surface area contributed by atoms with Crippen LogP contribution in [0, 0.1) is 0 Å². The van der Waals surface area contributed by atoms with Crippen LogP contribution in [0.1, 0.15) is 18.4 Å². The lowest BCUT2D eigenvalue weighted by Crippen LogP contribution is -2.19. The summed E-state index contributed by atoms with van der Waals surface area (Å²) in [5, 5.41) is 11.6. The van der Waals surface area contributed by atoms with Gasteiger partial charge in [-0.05, 0) is 47.0 Å². The maximum atomic E-state index is 8.60. The Hall–Kier alpha value is -1.23. The molecule has 0 spiro atoms. The van der Waals surface area contributed by atoms with E-state index in [0.29, 0.717) is 0 Å². The molecule has 1 aliphatic heterocycles. The molecule has 0 saturated carbocycles. The van der Waals surface area contributed by atoms with Crippen molar-refractivity contribution < 1.29 is 5.21 Å². The zero-order chi connectivity index (χ0) is 11.5. The number of hydrogen-bond donors (Lipinski definition) is 2. The molecule has 4 nitrogen and oxygen atoms in total. The standard InChI is InChI=1S/C11H14BrN3O/c12-9-7-8(11(13)14-16)3-4-10(9)15-5-1-2-6-15/h3-4,7,16H,1-2,5-6H2,(H2,13,14). The zero-order valence-electron chi connectivity index (χ0n) is 8.86. The molecule has 3 N–H and O–H groups in total. The Morgan fingerprint density at radius 3 is 2.62 bits per heavy atom. The number of anilines is 1. The van der Waals surface area contributed by atoms with E-state index in [1.54, 1.807) is 0 Å². The van der Waals surface area contributed by atoms with Gasteiger partial charge in [0.2, 0.25) is 0 Å². The van der Waals surface area contributed by atoms with Crippen LogP contribution in [-0.2, 0) is 0 Å². The molecule has 1 fully saturated rings. The number of oxime groups is 1. The molecule has 0 aromatic heterocycles. The van der Waals surface area contributed by atoms with Gasteiger partial charge in [0.05, 0.1) is 5.69 Å². The van der Waals surface area contributed by atoms with Crippen LogP contribution in [0.25, 0.3) is 0 Å². The topological polar surface area (TPSA) is 61.9 Å². The summed E-state index contributed by atoms with van der Waals surface area (Å²) in [7, 11) is 0. The lowest BCUT2D eigenvalue weighted by Gasteiger charge is -2.19. The largest absolute Gasteiger partial charge is 0.409 e. The van der Waals surface area contributed by atoms with Gasteiger partial charge in [-0.15, -0.1) is 0 Å². The smallest absolute Gasteiger partial charge is 0.170 e. The number of rotatable bonds is 2. The summed E-state index contributed by atoms with van der Waals surface area (Å²) in [5.41, 5.74) is 7.43. The predicted molar refractivity (Wildman–Crippen MR) is 68.1 cm³/mol. The van der Waals surface area contributed by atoms with Crippen molar-refractivity contribution in [3.63, 3.8) is 0 Å². The highest BCUT2D eigenvalue weighted by molar-refractivity contribution is 9.10. The van der Waals surface area contributed by atoms with E-state index >= 15 is 0 Å². The second-order valence-electron chi connectivity index (χ2n) is 3.85. The minimum Gasteiger partial charge on any atom is -0.409 e. The SMILES string of the molecule is N/C(=N/O)c1ccc(N2CCCC2)c(Br)c1. The molecule has 0 unspecified atom stereocenters. The van der Waals surface area contributed by atoms with Crippen molar-refractivity contribution in [2.45, 2.75) is 12.8 Å². The number of halogens is 1. The van der Waals surface area contributed by atoms with E-state index in [4.69, 9.17) is 10.9 Å². The van der Waals surface area contributed by atoms with Gasteiger partial charge in [0.15, 0.2) is 5.84 Å². The highest BCUT2D eigenvalue weighted by Crippen LogP contribution is 2.29. The van der Waals surface area contributed by atoms with Crippen LogP contribution in [0.15, 0.2) is 27.8 Å². The highest BCUT2D eigenvalue weighted by Gasteiger charge is 2.15. The summed E-state index contributed by atoms with van der Waals surface area (Å²) in [5.74, 6) is 0.133. The molecular formula is C11H14BrN3O. The number of amidine groups is 1. The van der Waals surface area contributed by atoms with E-state index in [1.165, 1.54) is 18.5 Å². The molecule has 0 bridgehead atoms. The van der Waals surface area contributed by atoms with Crippen LogP contribution in [0.2, 0.25) is 0 Å². The van der Waals surface area contributed by atoms with Gasteiger partial charge in [-0.1, -0.05) is 5.16 Å². The molecule has 0 aliphatic carbocycles. The molecule has 1 aliphatic rings. The van der Waals surface area contributed by atoms with Gasteiger partial charge in [0.1, 0.15) is 0 Å². The van der Waals surface area contributed by atoms with Gasteiger partial charge in [0, 0.05) is 23.1 Å². The van der Waals surface area contributed by atoms with Gasteiger partial charge in [0.25, 0.3) is 0 Å².